The molecule has 0 spiro atoms. The maximum absolute atomic E-state index is 11.2. The van der Waals surface area contributed by atoms with Gasteiger partial charge in [-0.3, -0.25) is 4.79 Å². The van der Waals surface area contributed by atoms with Crippen LogP contribution in [-0.4, -0.2) is 53.5 Å². The highest BCUT2D eigenvalue weighted by Gasteiger charge is 2.12. The van der Waals surface area contributed by atoms with Crippen molar-refractivity contribution in [1.29, 1.82) is 0 Å². The first-order chi connectivity index (χ1) is 14.1. The van der Waals surface area contributed by atoms with Crippen LogP contribution in [0.2, 0.25) is 5.15 Å². The SMILES string of the molecule is CCC(CO)CCNc1nc(NCCOC)nc(Cl)c1C#Cc1ccc(=O)[nH]c1. The van der Waals surface area contributed by atoms with Crippen LogP contribution >= 0.6 is 11.6 Å². The minimum atomic E-state index is -0.194. The number of rotatable bonds is 10. The molecule has 4 N–H and O–H groups in total. The first kappa shape index (κ1) is 22.7. The van der Waals surface area contributed by atoms with E-state index in [0.717, 1.165) is 12.8 Å². The number of aliphatic hydroxyl groups excluding tert-OH is 1. The number of aromatic nitrogens is 3. The Balaban J connectivity index is 2.26. The fraction of sp³-hybridized carbons (Fsp3) is 0.450. The molecule has 0 saturated carbocycles. The van der Waals surface area contributed by atoms with Gasteiger partial charge in [0.25, 0.3) is 0 Å². The van der Waals surface area contributed by atoms with Crippen molar-refractivity contribution in [1.82, 2.24) is 15.0 Å². The zero-order valence-electron chi connectivity index (χ0n) is 16.6. The molecule has 8 nitrogen and oxygen atoms in total. The number of H-pyrrole nitrogens is 1. The van der Waals surface area contributed by atoms with Gasteiger partial charge in [0, 0.05) is 44.6 Å². The quantitative estimate of drug-likeness (QED) is 0.265. The Morgan fingerprint density at radius 3 is 2.76 bits per heavy atom. The topological polar surface area (TPSA) is 112 Å². The number of anilines is 2. The van der Waals surface area contributed by atoms with Gasteiger partial charge in [-0.15, -0.1) is 0 Å². The zero-order chi connectivity index (χ0) is 21.1. The summed E-state index contributed by atoms with van der Waals surface area (Å²) >= 11 is 6.37. The first-order valence-electron chi connectivity index (χ1n) is 9.43. The number of aromatic amines is 1. The smallest absolute Gasteiger partial charge is 0.247 e. The third-order valence-corrected chi connectivity index (χ3v) is 4.52. The Morgan fingerprint density at radius 2 is 2.10 bits per heavy atom. The Hall–Kier alpha value is -2.60. The summed E-state index contributed by atoms with van der Waals surface area (Å²) in [5, 5.41) is 15.9. The maximum Gasteiger partial charge on any atom is 0.247 e. The third kappa shape index (κ3) is 7.38. The molecule has 2 aromatic rings. The number of nitrogens with zero attached hydrogens (tertiary/aromatic N) is 2. The summed E-state index contributed by atoms with van der Waals surface area (Å²) in [7, 11) is 1.61. The number of nitrogens with one attached hydrogen (secondary N) is 3. The fourth-order valence-electron chi connectivity index (χ4n) is 2.46. The van der Waals surface area contributed by atoms with Crippen molar-refractivity contribution in [2.75, 3.05) is 44.0 Å². The fourth-order valence-corrected chi connectivity index (χ4v) is 2.68. The van der Waals surface area contributed by atoms with Crippen LogP contribution < -0.4 is 16.2 Å². The molecule has 0 saturated heterocycles. The molecule has 0 aliphatic carbocycles. The predicted octanol–water partition coefficient (Wildman–Crippen LogP) is 2.10. The normalized spacial score (nSPS) is 11.4. The molecule has 1 unspecified atom stereocenters. The third-order valence-electron chi connectivity index (χ3n) is 4.25. The van der Waals surface area contributed by atoms with Crippen LogP contribution in [0.1, 0.15) is 30.9 Å². The molecule has 0 bridgehead atoms. The summed E-state index contributed by atoms with van der Waals surface area (Å²) in [5.41, 5.74) is 0.910. The molecule has 2 rings (SSSR count). The van der Waals surface area contributed by atoms with Crippen molar-refractivity contribution in [2.24, 2.45) is 5.92 Å². The molecule has 0 aliphatic rings. The first-order valence-corrected chi connectivity index (χ1v) is 9.81. The summed E-state index contributed by atoms with van der Waals surface area (Å²) in [6.45, 7) is 3.84. The standard InChI is InChI=1S/C20H26ClN5O3/c1-3-14(13-27)8-9-22-19-16(6-4-15-5-7-17(28)24-12-15)18(21)25-20(26-19)23-10-11-29-2/h5,7,12,14,27H,3,8-11,13H2,1-2H3,(H,24,28)(H2,22,23,25,26). The van der Waals surface area contributed by atoms with Crippen LogP contribution in [0.4, 0.5) is 11.8 Å². The number of pyridine rings is 1. The second-order valence-electron chi connectivity index (χ2n) is 6.35. The highest BCUT2D eigenvalue weighted by molar-refractivity contribution is 6.31. The molecule has 2 aromatic heterocycles. The number of aliphatic hydroxyl groups is 1. The molecule has 1 atom stereocenters. The Bertz CT molecular complexity index is 883. The van der Waals surface area contributed by atoms with Crippen LogP contribution in [0, 0.1) is 17.8 Å². The Morgan fingerprint density at radius 1 is 1.28 bits per heavy atom. The van der Waals surface area contributed by atoms with E-state index in [1.807, 2.05) is 6.92 Å². The van der Waals surface area contributed by atoms with E-state index in [4.69, 9.17) is 16.3 Å². The van der Waals surface area contributed by atoms with E-state index in [1.165, 1.54) is 12.3 Å². The second kappa shape index (κ2) is 12.1. The van der Waals surface area contributed by atoms with Crippen LogP contribution in [0.5, 0.6) is 0 Å². The summed E-state index contributed by atoms with van der Waals surface area (Å²) in [5.74, 6) is 7.04. The van der Waals surface area contributed by atoms with E-state index < -0.39 is 0 Å². The van der Waals surface area contributed by atoms with Gasteiger partial charge in [-0.2, -0.15) is 9.97 Å². The molecule has 9 heteroatoms. The summed E-state index contributed by atoms with van der Waals surface area (Å²) in [4.78, 5) is 22.5. The van der Waals surface area contributed by atoms with Gasteiger partial charge in [0.2, 0.25) is 11.5 Å². The van der Waals surface area contributed by atoms with Gasteiger partial charge in [-0.05, 0) is 18.4 Å². The second-order valence-corrected chi connectivity index (χ2v) is 6.70. The molecule has 0 fully saturated rings. The van der Waals surface area contributed by atoms with Crippen molar-refractivity contribution in [3.05, 3.63) is 45.0 Å². The van der Waals surface area contributed by atoms with Crippen molar-refractivity contribution < 1.29 is 9.84 Å². The number of hydrogen-bond donors (Lipinski definition) is 4. The molecule has 0 aromatic carbocycles. The molecule has 156 valence electrons. The molecule has 29 heavy (non-hydrogen) atoms. The van der Waals surface area contributed by atoms with Gasteiger partial charge in [0.05, 0.1) is 6.61 Å². The van der Waals surface area contributed by atoms with Crippen molar-refractivity contribution in [3.8, 4) is 11.8 Å². The van der Waals surface area contributed by atoms with Gasteiger partial charge in [-0.25, -0.2) is 0 Å². The lowest BCUT2D eigenvalue weighted by atomic mass is 10.0. The number of halogens is 1. The number of methoxy groups -OCH3 is 1. The number of ether oxygens (including phenoxy) is 1. The van der Waals surface area contributed by atoms with Gasteiger partial charge in [0.15, 0.2) is 5.15 Å². The summed E-state index contributed by atoms with van der Waals surface area (Å²) < 4.78 is 5.02. The van der Waals surface area contributed by atoms with E-state index in [9.17, 15) is 9.90 Å². The van der Waals surface area contributed by atoms with Crippen LogP contribution in [0.25, 0.3) is 0 Å². The van der Waals surface area contributed by atoms with E-state index in [0.29, 0.717) is 42.6 Å². The molecule has 2 heterocycles. The van der Waals surface area contributed by atoms with Gasteiger partial charge < -0.3 is 25.5 Å². The van der Waals surface area contributed by atoms with Crippen molar-refractivity contribution in [3.63, 3.8) is 0 Å². The Kier molecular flexibility index (Phi) is 9.44. The molecule has 0 amide bonds. The molecular weight excluding hydrogens is 394 g/mol. The van der Waals surface area contributed by atoms with Gasteiger partial charge in [0.1, 0.15) is 11.4 Å². The highest BCUT2D eigenvalue weighted by atomic mass is 35.5. The van der Waals surface area contributed by atoms with E-state index in [-0.39, 0.29) is 23.2 Å². The number of hydrogen-bond acceptors (Lipinski definition) is 7. The van der Waals surface area contributed by atoms with Crippen molar-refractivity contribution >= 4 is 23.4 Å². The van der Waals surface area contributed by atoms with Crippen LogP contribution in [0.15, 0.2) is 23.1 Å². The van der Waals surface area contributed by atoms with Crippen molar-refractivity contribution in [2.45, 2.75) is 19.8 Å². The average Bonchev–Trinajstić information content (AvgIpc) is 2.72. The largest absolute Gasteiger partial charge is 0.396 e. The monoisotopic (exact) mass is 419 g/mol. The lowest BCUT2D eigenvalue weighted by molar-refractivity contribution is 0.210. The van der Waals surface area contributed by atoms with Crippen LogP contribution in [-0.2, 0) is 4.74 Å². The highest BCUT2D eigenvalue weighted by Crippen LogP contribution is 2.22. The average molecular weight is 420 g/mol. The minimum Gasteiger partial charge on any atom is -0.396 e. The van der Waals surface area contributed by atoms with Crippen LogP contribution in [0.3, 0.4) is 0 Å². The zero-order valence-corrected chi connectivity index (χ0v) is 17.3. The lowest BCUT2D eigenvalue weighted by Crippen LogP contribution is -2.15. The van der Waals surface area contributed by atoms with E-state index >= 15 is 0 Å². The molecule has 0 aliphatic heterocycles. The van der Waals surface area contributed by atoms with E-state index in [1.54, 1.807) is 13.2 Å². The summed E-state index contributed by atoms with van der Waals surface area (Å²) in [6.07, 6.45) is 3.21. The minimum absolute atomic E-state index is 0.144. The lowest BCUT2D eigenvalue weighted by Gasteiger charge is -2.14. The summed E-state index contributed by atoms with van der Waals surface area (Å²) in [6, 6.07) is 3.03. The van der Waals surface area contributed by atoms with Gasteiger partial charge in [-0.1, -0.05) is 36.8 Å². The van der Waals surface area contributed by atoms with Gasteiger partial charge >= 0.3 is 0 Å². The Labute approximate surface area is 175 Å². The predicted molar refractivity (Wildman–Crippen MR) is 114 cm³/mol. The van der Waals surface area contributed by atoms with E-state index in [2.05, 4.69) is 37.4 Å². The maximum atomic E-state index is 11.2. The molecular formula is C20H26ClN5O3. The molecule has 0 radical (unpaired) electrons.